The summed E-state index contributed by atoms with van der Waals surface area (Å²) in [7, 11) is 0. The van der Waals surface area contributed by atoms with Gasteiger partial charge in [-0.05, 0) is 37.5 Å². The highest BCUT2D eigenvalue weighted by Crippen LogP contribution is 2.17. The van der Waals surface area contributed by atoms with Crippen molar-refractivity contribution in [1.82, 2.24) is 14.8 Å². The van der Waals surface area contributed by atoms with Gasteiger partial charge in [0.1, 0.15) is 0 Å². The van der Waals surface area contributed by atoms with Crippen molar-refractivity contribution in [2.45, 2.75) is 32.9 Å². The van der Waals surface area contributed by atoms with Gasteiger partial charge in [-0.2, -0.15) is 5.10 Å². The van der Waals surface area contributed by atoms with Crippen LogP contribution in [0.1, 0.15) is 29.8 Å². The molecule has 0 aliphatic carbocycles. The van der Waals surface area contributed by atoms with Gasteiger partial charge in [0.2, 0.25) is 0 Å². The molecule has 0 radical (unpaired) electrons. The van der Waals surface area contributed by atoms with Crippen molar-refractivity contribution < 1.29 is 0 Å². The van der Waals surface area contributed by atoms with Crippen LogP contribution >= 0.6 is 0 Å². The Morgan fingerprint density at radius 1 is 1.47 bits per heavy atom. The van der Waals surface area contributed by atoms with E-state index in [0.29, 0.717) is 0 Å². The summed E-state index contributed by atoms with van der Waals surface area (Å²) in [5.41, 5.74) is 9.48. The summed E-state index contributed by atoms with van der Waals surface area (Å²) in [5, 5.41) is 4.25. The zero-order valence-corrected chi connectivity index (χ0v) is 10.3. The van der Waals surface area contributed by atoms with E-state index in [2.05, 4.69) is 17.0 Å². The molecule has 0 amide bonds. The van der Waals surface area contributed by atoms with Crippen molar-refractivity contribution in [3.05, 3.63) is 47.5 Å². The summed E-state index contributed by atoms with van der Waals surface area (Å²) in [6.07, 6.45) is 6.52. The van der Waals surface area contributed by atoms with E-state index in [9.17, 15) is 0 Å². The monoisotopic (exact) mass is 230 g/mol. The zero-order chi connectivity index (χ0) is 12.3. The lowest BCUT2D eigenvalue weighted by molar-refractivity contribution is 0.657. The minimum atomic E-state index is -0.0155. The van der Waals surface area contributed by atoms with Crippen LogP contribution in [-0.4, -0.2) is 14.8 Å². The van der Waals surface area contributed by atoms with Gasteiger partial charge in [-0.3, -0.25) is 9.67 Å². The van der Waals surface area contributed by atoms with Crippen LogP contribution in [0.25, 0.3) is 0 Å². The molecule has 0 saturated carbocycles. The maximum atomic E-state index is 6.20. The summed E-state index contributed by atoms with van der Waals surface area (Å²) in [6.45, 7) is 4.95. The van der Waals surface area contributed by atoms with Gasteiger partial charge >= 0.3 is 0 Å². The number of aryl methyl sites for hydroxylation is 2. The van der Waals surface area contributed by atoms with Crippen molar-refractivity contribution in [2.24, 2.45) is 5.73 Å². The standard InChI is InChI=1S/C13H18N4/c1-3-17-9-11(8-16-17)7-13(14)12-5-4-6-15-10(12)2/h4-6,8-9,13H,3,7,14H2,1-2H3. The van der Waals surface area contributed by atoms with Crippen LogP contribution in [0.3, 0.4) is 0 Å². The topological polar surface area (TPSA) is 56.7 Å². The lowest BCUT2D eigenvalue weighted by Gasteiger charge is -2.12. The maximum absolute atomic E-state index is 6.20. The van der Waals surface area contributed by atoms with Gasteiger partial charge in [0.15, 0.2) is 0 Å². The van der Waals surface area contributed by atoms with Gasteiger partial charge in [-0.25, -0.2) is 0 Å². The molecular formula is C13H18N4. The number of aromatic nitrogens is 3. The van der Waals surface area contributed by atoms with E-state index in [1.54, 1.807) is 6.20 Å². The molecule has 1 unspecified atom stereocenters. The van der Waals surface area contributed by atoms with E-state index >= 15 is 0 Å². The molecule has 0 bridgehead atoms. The molecule has 17 heavy (non-hydrogen) atoms. The van der Waals surface area contributed by atoms with Crippen LogP contribution in [0, 0.1) is 6.92 Å². The van der Waals surface area contributed by atoms with Gasteiger partial charge in [-0.15, -0.1) is 0 Å². The van der Waals surface area contributed by atoms with E-state index in [1.165, 1.54) is 5.56 Å². The number of hydrogen-bond acceptors (Lipinski definition) is 3. The normalized spacial score (nSPS) is 12.6. The molecule has 2 heterocycles. The Balaban J connectivity index is 2.11. The summed E-state index contributed by atoms with van der Waals surface area (Å²) < 4.78 is 1.91. The number of rotatable bonds is 4. The summed E-state index contributed by atoms with van der Waals surface area (Å²) in [6, 6.07) is 3.95. The first-order valence-corrected chi connectivity index (χ1v) is 5.89. The van der Waals surface area contributed by atoms with E-state index in [0.717, 1.165) is 24.2 Å². The molecule has 0 fully saturated rings. The van der Waals surface area contributed by atoms with Crippen LogP contribution in [0.5, 0.6) is 0 Å². The lowest BCUT2D eigenvalue weighted by atomic mass is 10.0. The summed E-state index contributed by atoms with van der Waals surface area (Å²) in [5.74, 6) is 0. The van der Waals surface area contributed by atoms with Crippen LogP contribution in [0.15, 0.2) is 30.7 Å². The summed E-state index contributed by atoms with van der Waals surface area (Å²) in [4.78, 5) is 4.26. The average Bonchev–Trinajstić information content (AvgIpc) is 2.77. The molecule has 1 atom stereocenters. The van der Waals surface area contributed by atoms with Crippen molar-refractivity contribution in [2.75, 3.05) is 0 Å². The predicted molar refractivity (Wildman–Crippen MR) is 67.5 cm³/mol. The van der Waals surface area contributed by atoms with Gasteiger partial charge in [0.25, 0.3) is 0 Å². The fourth-order valence-corrected chi connectivity index (χ4v) is 1.94. The van der Waals surface area contributed by atoms with Crippen LogP contribution in [0.4, 0.5) is 0 Å². The minimum absolute atomic E-state index is 0.0155. The molecule has 2 N–H and O–H groups in total. The highest BCUT2D eigenvalue weighted by Gasteiger charge is 2.11. The molecule has 2 rings (SSSR count). The molecule has 0 aliphatic heterocycles. The van der Waals surface area contributed by atoms with Gasteiger partial charge in [-0.1, -0.05) is 6.07 Å². The van der Waals surface area contributed by atoms with E-state index in [-0.39, 0.29) is 6.04 Å². The SMILES string of the molecule is CCn1cc(CC(N)c2cccnc2C)cn1. The third-order valence-corrected chi connectivity index (χ3v) is 2.91. The fourth-order valence-electron chi connectivity index (χ4n) is 1.94. The molecule has 0 saturated heterocycles. The number of nitrogens with two attached hydrogens (primary N) is 1. The quantitative estimate of drug-likeness (QED) is 0.872. The Bertz CT molecular complexity index is 490. The fraction of sp³-hybridized carbons (Fsp3) is 0.385. The number of nitrogens with zero attached hydrogens (tertiary/aromatic N) is 3. The highest BCUT2D eigenvalue weighted by molar-refractivity contribution is 5.24. The van der Waals surface area contributed by atoms with E-state index in [4.69, 9.17) is 5.73 Å². The summed E-state index contributed by atoms with van der Waals surface area (Å²) >= 11 is 0. The number of pyridine rings is 1. The smallest absolute Gasteiger partial charge is 0.0522 e. The third kappa shape index (κ3) is 2.71. The molecule has 90 valence electrons. The molecule has 0 aliphatic rings. The van der Waals surface area contributed by atoms with Gasteiger partial charge in [0.05, 0.1) is 6.20 Å². The first kappa shape index (κ1) is 11.8. The second-order valence-corrected chi connectivity index (χ2v) is 4.19. The van der Waals surface area contributed by atoms with Crippen molar-refractivity contribution in [3.8, 4) is 0 Å². The highest BCUT2D eigenvalue weighted by atomic mass is 15.3. The third-order valence-electron chi connectivity index (χ3n) is 2.91. The molecule has 0 spiro atoms. The van der Waals surface area contributed by atoms with Crippen LogP contribution in [-0.2, 0) is 13.0 Å². The molecule has 4 nitrogen and oxygen atoms in total. The van der Waals surface area contributed by atoms with Gasteiger partial charge < -0.3 is 5.73 Å². The Morgan fingerprint density at radius 3 is 2.94 bits per heavy atom. The van der Waals surface area contributed by atoms with E-state index in [1.807, 2.05) is 36.1 Å². The Kier molecular flexibility index (Phi) is 3.54. The molecule has 2 aromatic rings. The minimum Gasteiger partial charge on any atom is -0.324 e. The van der Waals surface area contributed by atoms with Crippen LogP contribution < -0.4 is 5.73 Å². The maximum Gasteiger partial charge on any atom is 0.0522 e. The molecular weight excluding hydrogens is 212 g/mol. The second kappa shape index (κ2) is 5.10. The lowest BCUT2D eigenvalue weighted by Crippen LogP contribution is -2.14. The van der Waals surface area contributed by atoms with Crippen molar-refractivity contribution in [1.29, 1.82) is 0 Å². The Hall–Kier alpha value is -1.68. The second-order valence-electron chi connectivity index (χ2n) is 4.19. The van der Waals surface area contributed by atoms with Gasteiger partial charge in [0, 0.05) is 30.7 Å². The molecule has 4 heteroatoms. The van der Waals surface area contributed by atoms with Crippen LogP contribution in [0.2, 0.25) is 0 Å². The van der Waals surface area contributed by atoms with E-state index < -0.39 is 0 Å². The largest absolute Gasteiger partial charge is 0.324 e. The Labute approximate surface area is 101 Å². The first-order valence-electron chi connectivity index (χ1n) is 5.89. The predicted octanol–water partition coefficient (Wildman–Crippen LogP) is 1.85. The molecule has 0 aromatic carbocycles. The first-order chi connectivity index (χ1) is 8.20. The Morgan fingerprint density at radius 2 is 2.29 bits per heavy atom. The van der Waals surface area contributed by atoms with Crippen molar-refractivity contribution in [3.63, 3.8) is 0 Å². The molecule has 2 aromatic heterocycles. The average molecular weight is 230 g/mol. The van der Waals surface area contributed by atoms with Crippen molar-refractivity contribution >= 4 is 0 Å². The zero-order valence-electron chi connectivity index (χ0n) is 10.3. The number of hydrogen-bond donors (Lipinski definition) is 1.